The van der Waals surface area contributed by atoms with Crippen molar-refractivity contribution in [2.75, 3.05) is 13.6 Å². The molecule has 0 aromatic carbocycles. The number of hydrogen-bond acceptors (Lipinski definition) is 4. The summed E-state index contributed by atoms with van der Waals surface area (Å²) >= 11 is 0. The molecule has 0 saturated heterocycles. The van der Waals surface area contributed by atoms with Gasteiger partial charge in [-0.15, -0.1) is 0 Å². The molecule has 1 amide bonds. The molecule has 1 aromatic heterocycles. The third-order valence-electron chi connectivity index (χ3n) is 2.22. The minimum Gasteiger partial charge on any atom is -0.339 e. The normalized spacial score (nSPS) is 16.7. The molecule has 0 unspecified atom stereocenters. The molecule has 2 heterocycles. The van der Waals surface area contributed by atoms with Gasteiger partial charge < -0.3 is 4.90 Å². The summed E-state index contributed by atoms with van der Waals surface area (Å²) in [4.78, 5) is 13.1. The molecule has 6 nitrogen and oxygen atoms in total. The summed E-state index contributed by atoms with van der Waals surface area (Å²) in [5, 5.41) is 3.48. The van der Waals surface area contributed by atoms with E-state index < -0.39 is 9.05 Å². The fraction of sp³-hybridized carbons (Fsp3) is 0.429. The number of amides is 1. The molecule has 0 bridgehead atoms. The average molecular weight is 250 g/mol. The number of halogens is 1. The lowest BCUT2D eigenvalue weighted by Crippen LogP contribution is -2.37. The zero-order chi connectivity index (χ0) is 11.2. The van der Waals surface area contributed by atoms with Crippen LogP contribution in [0, 0.1) is 0 Å². The number of likely N-dealkylation sites (N-methyl/N-ethyl adjacent to an activating group) is 1. The van der Waals surface area contributed by atoms with Gasteiger partial charge in [-0.3, -0.25) is 9.48 Å². The van der Waals surface area contributed by atoms with Crippen LogP contribution in [0.5, 0.6) is 0 Å². The van der Waals surface area contributed by atoms with E-state index >= 15 is 0 Å². The predicted molar refractivity (Wildman–Crippen MR) is 52.2 cm³/mol. The number of fused-ring (bicyclic) bond motifs is 1. The number of carbonyl (C=O) groups is 1. The van der Waals surface area contributed by atoms with Crippen LogP contribution in [0.1, 0.15) is 10.5 Å². The Morgan fingerprint density at radius 2 is 2.13 bits per heavy atom. The van der Waals surface area contributed by atoms with Gasteiger partial charge in [0.15, 0.2) is 5.03 Å². The molecule has 1 aliphatic rings. The van der Waals surface area contributed by atoms with Crippen LogP contribution in [0.2, 0.25) is 0 Å². The van der Waals surface area contributed by atoms with Crippen molar-refractivity contribution in [1.29, 1.82) is 0 Å². The molecule has 1 aliphatic heterocycles. The number of carbonyl (C=O) groups excluding carboxylic acids is 1. The summed E-state index contributed by atoms with van der Waals surface area (Å²) in [5.74, 6) is -0.250. The molecular formula is C7H8ClN3O3S. The lowest BCUT2D eigenvalue weighted by molar-refractivity contribution is 0.0742. The maximum Gasteiger partial charge on any atom is 0.280 e. The highest BCUT2D eigenvalue weighted by Crippen LogP contribution is 2.18. The predicted octanol–water partition coefficient (Wildman–Crippen LogP) is -0.104. The van der Waals surface area contributed by atoms with Gasteiger partial charge in [-0.05, 0) is 0 Å². The fourth-order valence-corrected chi connectivity index (χ4v) is 2.07. The Morgan fingerprint density at radius 3 is 2.73 bits per heavy atom. The second kappa shape index (κ2) is 3.21. The van der Waals surface area contributed by atoms with Crippen molar-refractivity contribution >= 4 is 25.6 Å². The van der Waals surface area contributed by atoms with E-state index in [4.69, 9.17) is 10.7 Å². The molecule has 0 N–H and O–H groups in total. The topological polar surface area (TPSA) is 72.3 Å². The van der Waals surface area contributed by atoms with Gasteiger partial charge >= 0.3 is 0 Å². The van der Waals surface area contributed by atoms with Crippen LogP contribution < -0.4 is 0 Å². The number of nitrogens with zero attached hydrogens (tertiary/aromatic N) is 3. The van der Waals surface area contributed by atoms with E-state index in [2.05, 4.69) is 5.10 Å². The van der Waals surface area contributed by atoms with Gasteiger partial charge in [-0.25, -0.2) is 8.42 Å². The van der Waals surface area contributed by atoms with Gasteiger partial charge in [0.25, 0.3) is 15.0 Å². The van der Waals surface area contributed by atoms with E-state index in [0.717, 1.165) is 0 Å². The number of aromatic nitrogens is 2. The SMILES string of the molecule is CN1CCn2nc(S(=O)(=O)Cl)cc2C1=O. The van der Waals surface area contributed by atoms with Crippen molar-refractivity contribution in [2.45, 2.75) is 11.6 Å². The second-order valence-electron chi connectivity index (χ2n) is 3.26. The molecule has 0 radical (unpaired) electrons. The molecule has 0 fully saturated rings. The Bertz CT molecular complexity index is 522. The largest absolute Gasteiger partial charge is 0.339 e. The Kier molecular flexibility index (Phi) is 2.23. The van der Waals surface area contributed by atoms with Crippen molar-refractivity contribution < 1.29 is 13.2 Å². The molecule has 82 valence electrons. The smallest absolute Gasteiger partial charge is 0.280 e. The van der Waals surface area contributed by atoms with Crippen molar-refractivity contribution in [3.63, 3.8) is 0 Å². The van der Waals surface area contributed by atoms with Crippen molar-refractivity contribution in [3.8, 4) is 0 Å². The fourth-order valence-electron chi connectivity index (χ4n) is 1.40. The van der Waals surface area contributed by atoms with E-state index in [-0.39, 0.29) is 16.6 Å². The molecular weight excluding hydrogens is 242 g/mol. The standard InChI is InChI=1S/C7H8ClN3O3S/c1-10-2-3-11-5(7(10)12)4-6(9-11)15(8,13)14/h4H,2-3H2,1H3. The van der Waals surface area contributed by atoms with E-state index in [1.807, 2.05) is 0 Å². The second-order valence-corrected chi connectivity index (χ2v) is 5.77. The zero-order valence-electron chi connectivity index (χ0n) is 7.84. The Labute approximate surface area is 90.8 Å². The van der Waals surface area contributed by atoms with Gasteiger partial charge in [0.05, 0.1) is 6.54 Å². The van der Waals surface area contributed by atoms with Crippen LogP contribution in [0.25, 0.3) is 0 Å². The van der Waals surface area contributed by atoms with E-state index in [1.165, 1.54) is 15.6 Å². The number of hydrogen-bond donors (Lipinski definition) is 0. The third-order valence-corrected chi connectivity index (χ3v) is 3.39. The van der Waals surface area contributed by atoms with Crippen molar-refractivity contribution in [2.24, 2.45) is 0 Å². The maximum atomic E-state index is 11.6. The van der Waals surface area contributed by atoms with E-state index in [1.54, 1.807) is 7.05 Å². The molecule has 8 heteroatoms. The molecule has 1 aromatic rings. The molecule has 0 saturated carbocycles. The molecule has 0 spiro atoms. The van der Waals surface area contributed by atoms with Crippen molar-refractivity contribution in [1.82, 2.24) is 14.7 Å². The summed E-state index contributed by atoms with van der Waals surface area (Å²) in [5.41, 5.74) is 0.253. The molecule has 2 rings (SSSR count). The Balaban J connectivity index is 2.54. The molecule has 0 atom stereocenters. The minimum absolute atomic E-state index is 0.250. The van der Waals surface area contributed by atoms with Crippen LogP contribution in [0.15, 0.2) is 11.1 Å². The maximum absolute atomic E-state index is 11.6. The van der Waals surface area contributed by atoms with Gasteiger partial charge in [-0.1, -0.05) is 0 Å². The van der Waals surface area contributed by atoms with Crippen LogP contribution >= 0.6 is 10.7 Å². The minimum atomic E-state index is -3.87. The summed E-state index contributed by atoms with van der Waals surface area (Å²) in [6, 6.07) is 1.19. The Hall–Kier alpha value is -1.08. The van der Waals surface area contributed by atoms with Crippen LogP contribution in [0.4, 0.5) is 0 Å². The highest BCUT2D eigenvalue weighted by molar-refractivity contribution is 8.13. The van der Waals surface area contributed by atoms with Crippen LogP contribution in [-0.2, 0) is 15.6 Å². The summed E-state index contributed by atoms with van der Waals surface area (Å²) < 4.78 is 23.4. The van der Waals surface area contributed by atoms with E-state index in [9.17, 15) is 13.2 Å². The summed E-state index contributed by atoms with van der Waals surface area (Å²) in [6.07, 6.45) is 0. The third kappa shape index (κ3) is 1.72. The lowest BCUT2D eigenvalue weighted by Gasteiger charge is -2.22. The lowest BCUT2D eigenvalue weighted by atomic mass is 10.3. The first-order valence-corrected chi connectivity index (χ1v) is 6.48. The summed E-state index contributed by atoms with van der Waals surface area (Å²) in [7, 11) is 2.91. The van der Waals surface area contributed by atoms with Crippen LogP contribution in [-0.4, -0.2) is 42.6 Å². The van der Waals surface area contributed by atoms with E-state index in [0.29, 0.717) is 13.1 Å². The van der Waals surface area contributed by atoms with Gasteiger partial charge in [-0.2, -0.15) is 5.10 Å². The Morgan fingerprint density at radius 1 is 1.47 bits per heavy atom. The highest BCUT2D eigenvalue weighted by atomic mass is 35.7. The van der Waals surface area contributed by atoms with Gasteiger partial charge in [0, 0.05) is 30.3 Å². The van der Waals surface area contributed by atoms with Gasteiger partial charge in [0.2, 0.25) is 0 Å². The monoisotopic (exact) mass is 249 g/mol. The summed E-state index contributed by atoms with van der Waals surface area (Å²) in [6.45, 7) is 0.985. The molecule has 15 heavy (non-hydrogen) atoms. The first-order chi connectivity index (χ1) is 6.89. The van der Waals surface area contributed by atoms with Gasteiger partial charge in [0.1, 0.15) is 5.69 Å². The average Bonchev–Trinajstić information content (AvgIpc) is 2.55. The highest BCUT2D eigenvalue weighted by Gasteiger charge is 2.26. The van der Waals surface area contributed by atoms with Crippen LogP contribution in [0.3, 0.4) is 0 Å². The first-order valence-electron chi connectivity index (χ1n) is 4.17. The molecule has 0 aliphatic carbocycles. The first kappa shape index (κ1) is 10.4. The van der Waals surface area contributed by atoms with Crippen molar-refractivity contribution in [3.05, 3.63) is 11.8 Å². The quantitative estimate of drug-likeness (QED) is 0.652. The zero-order valence-corrected chi connectivity index (χ0v) is 9.42. The number of rotatable bonds is 1.